The number of aromatic nitrogens is 9. The van der Waals surface area contributed by atoms with Crippen molar-refractivity contribution in [1.29, 1.82) is 0 Å². The highest BCUT2D eigenvalue weighted by molar-refractivity contribution is 5.97. The topological polar surface area (TPSA) is 186 Å². The summed E-state index contributed by atoms with van der Waals surface area (Å²) in [6.45, 7) is 31.9. The first-order valence-corrected chi connectivity index (χ1v) is 34.2. The molecule has 95 heavy (non-hydrogen) atoms. The van der Waals surface area contributed by atoms with Crippen LogP contribution < -0.4 is 5.56 Å². The number of carbonyl (C=O) groups excluding carboxylic acids is 1. The number of hydrogen-bond acceptors (Lipinski definition) is 14. The fraction of sp³-hybridized carbons (Fsp3) is 0.554. The lowest BCUT2D eigenvalue weighted by atomic mass is 9.86. The van der Waals surface area contributed by atoms with Crippen molar-refractivity contribution in [3.63, 3.8) is 0 Å². The maximum absolute atomic E-state index is 14.8. The molecule has 0 spiro atoms. The molecular formula is C74H103F2N13O6. The third-order valence-electron chi connectivity index (χ3n) is 17.3. The Morgan fingerprint density at radius 3 is 2.03 bits per heavy atom. The van der Waals surface area contributed by atoms with Gasteiger partial charge in [-0.15, -0.1) is 0 Å². The van der Waals surface area contributed by atoms with Gasteiger partial charge in [0.2, 0.25) is 5.90 Å². The van der Waals surface area contributed by atoms with Gasteiger partial charge in [0.1, 0.15) is 17.9 Å². The molecule has 3 aliphatic heterocycles. The molecule has 1 aromatic carbocycles. The number of amides is 1. The molecule has 21 heteroatoms. The number of hydrazone groups is 1. The summed E-state index contributed by atoms with van der Waals surface area (Å²) in [4.78, 5) is 43.4. The summed E-state index contributed by atoms with van der Waals surface area (Å²) in [6, 6.07) is 20.0. The van der Waals surface area contributed by atoms with E-state index in [0.717, 1.165) is 79.2 Å². The Labute approximate surface area is 561 Å². The molecule has 3 aliphatic carbocycles. The minimum absolute atomic E-state index is 0.0649. The zero-order valence-corrected chi connectivity index (χ0v) is 58.7. The largest absolute Gasteiger partial charge is 0.469 e. The number of benzene rings is 1. The predicted molar refractivity (Wildman–Crippen MR) is 369 cm³/mol. The zero-order chi connectivity index (χ0) is 68.6. The first-order valence-electron chi connectivity index (χ1n) is 34.2. The van der Waals surface area contributed by atoms with Crippen molar-refractivity contribution in [3.8, 4) is 0 Å². The van der Waals surface area contributed by atoms with Crippen LogP contribution in [-0.4, -0.2) is 108 Å². The molecule has 3 atom stereocenters. The van der Waals surface area contributed by atoms with Crippen molar-refractivity contribution in [2.45, 2.75) is 241 Å². The molecule has 3 unspecified atom stereocenters. The Morgan fingerprint density at radius 1 is 0.716 bits per heavy atom. The Morgan fingerprint density at radius 2 is 1.39 bits per heavy atom. The molecule has 6 aliphatic rings. The van der Waals surface area contributed by atoms with Crippen LogP contribution in [0.25, 0.3) is 0 Å². The number of fused-ring (bicyclic) bond motifs is 2. The van der Waals surface area contributed by atoms with Crippen LogP contribution >= 0.6 is 0 Å². The first kappa shape index (κ1) is 72.9. The van der Waals surface area contributed by atoms with Gasteiger partial charge in [0.05, 0.1) is 49.0 Å². The number of hydrogen-bond donors (Lipinski definition) is 0. The zero-order valence-electron chi connectivity index (χ0n) is 58.7. The van der Waals surface area contributed by atoms with Gasteiger partial charge < -0.3 is 23.8 Å². The van der Waals surface area contributed by atoms with Crippen LogP contribution in [0.4, 0.5) is 13.6 Å². The third-order valence-corrected chi connectivity index (χ3v) is 17.3. The lowest BCUT2D eigenvalue weighted by Gasteiger charge is -2.30. The van der Waals surface area contributed by atoms with Crippen molar-refractivity contribution in [3.05, 3.63) is 183 Å². The summed E-state index contributed by atoms with van der Waals surface area (Å²) in [5, 5.41) is 14.9. The van der Waals surface area contributed by atoms with E-state index in [0.29, 0.717) is 73.2 Å². The van der Waals surface area contributed by atoms with Gasteiger partial charge in [0.25, 0.3) is 5.56 Å². The minimum atomic E-state index is -3.38. The Kier molecular flexibility index (Phi) is 25.8. The number of ether oxygens (including phenoxy) is 4. The highest BCUT2D eigenvalue weighted by atomic mass is 19.3. The average molecular weight is 1310 g/mol. The summed E-state index contributed by atoms with van der Waals surface area (Å²) in [6.07, 6.45) is 22.4. The van der Waals surface area contributed by atoms with Gasteiger partial charge in [-0.1, -0.05) is 70.7 Å². The van der Waals surface area contributed by atoms with Crippen LogP contribution in [0, 0.1) is 11.8 Å². The fourth-order valence-electron chi connectivity index (χ4n) is 12.8. The molecule has 8 heterocycles. The van der Waals surface area contributed by atoms with Gasteiger partial charge in [0.15, 0.2) is 11.7 Å². The van der Waals surface area contributed by atoms with Gasteiger partial charge in [-0.25, -0.2) is 24.4 Å². The molecule has 0 bridgehead atoms. The third kappa shape index (κ3) is 19.6. The van der Waals surface area contributed by atoms with E-state index in [1.807, 2.05) is 100 Å². The monoisotopic (exact) mass is 1310 g/mol. The molecule has 1 fully saturated rings. The molecule has 0 N–H and O–H groups in total. The highest BCUT2D eigenvalue weighted by Crippen LogP contribution is 2.40. The van der Waals surface area contributed by atoms with Crippen LogP contribution in [0.3, 0.4) is 0 Å². The highest BCUT2D eigenvalue weighted by Gasteiger charge is 2.43. The second-order valence-corrected chi connectivity index (χ2v) is 27.6. The summed E-state index contributed by atoms with van der Waals surface area (Å²) in [7, 11) is 1.88. The van der Waals surface area contributed by atoms with Gasteiger partial charge in [-0.3, -0.25) is 28.8 Å². The number of aryl methyl sites for hydroxylation is 1. The molecule has 19 nitrogen and oxygen atoms in total. The molecule has 6 aromatic rings. The van der Waals surface area contributed by atoms with E-state index in [1.54, 1.807) is 52.4 Å². The van der Waals surface area contributed by atoms with E-state index >= 15 is 0 Å². The Bertz CT molecular complexity index is 3620. The van der Waals surface area contributed by atoms with Crippen LogP contribution in [0.15, 0.2) is 142 Å². The van der Waals surface area contributed by atoms with Gasteiger partial charge >= 0.3 is 12.2 Å². The number of aliphatic imine (C=N–C) groups is 1. The number of halogens is 2. The number of nitrogens with zero attached hydrogens (tertiary/aromatic N) is 13. The van der Waals surface area contributed by atoms with E-state index < -0.39 is 11.7 Å². The molecule has 1 saturated heterocycles. The normalized spacial score (nSPS) is 18.4. The minimum Gasteiger partial charge on any atom is -0.469 e. The first-order chi connectivity index (χ1) is 45.3. The number of likely N-dealkylation sites (tertiary alicyclic amines) is 1. The predicted octanol–water partition coefficient (Wildman–Crippen LogP) is 15.0. The van der Waals surface area contributed by atoms with Crippen LogP contribution in [0.1, 0.15) is 205 Å². The van der Waals surface area contributed by atoms with Gasteiger partial charge in [-0.2, -0.15) is 24.1 Å². The Hall–Kier alpha value is -7.91. The molecule has 0 radical (unpaired) electrons. The fourth-order valence-corrected chi connectivity index (χ4v) is 12.8. The van der Waals surface area contributed by atoms with E-state index in [9.17, 15) is 18.4 Å². The van der Waals surface area contributed by atoms with Crippen molar-refractivity contribution in [2.75, 3.05) is 6.54 Å². The molecule has 5 aromatic heterocycles. The van der Waals surface area contributed by atoms with Crippen LogP contribution in [0.5, 0.6) is 0 Å². The lowest BCUT2D eigenvalue weighted by Crippen LogP contribution is -2.42. The quantitative estimate of drug-likeness (QED) is 0.101. The number of carbonyl (C=O) groups is 1. The van der Waals surface area contributed by atoms with E-state index in [1.165, 1.54) is 53.6 Å². The summed E-state index contributed by atoms with van der Waals surface area (Å²) in [5.74, 6) is 3.27. The number of allylic oxidation sites excluding steroid dienone is 2. The smallest absolute Gasteiger partial charge is 0.410 e. The summed E-state index contributed by atoms with van der Waals surface area (Å²) < 4.78 is 59.1. The Balaban J connectivity index is 0.000000154. The van der Waals surface area contributed by atoms with Crippen LogP contribution in [0.2, 0.25) is 0 Å². The summed E-state index contributed by atoms with van der Waals surface area (Å²) >= 11 is 0. The lowest BCUT2D eigenvalue weighted by molar-refractivity contribution is -0.261. The summed E-state index contributed by atoms with van der Waals surface area (Å²) in [5.41, 5.74) is 8.86. The number of alkyl halides is 2. The van der Waals surface area contributed by atoms with E-state index in [2.05, 4.69) is 109 Å². The van der Waals surface area contributed by atoms with E-state index in [4.69, 9.17) is 23.9 Å². The van der Waals surface area contributed by atoms with Crippen molar-refractivity contribution in [1.82, 2.24) is 53.8 Å². The SMILES string of the molecule is C=C1C=CC(n2cccn2)=NN1C(C)C.CC(C)C1CC(OCc2ccccc2)CN1C(=O)OC(C)(C)C.CC(C)C1N=C(OCc2ncccn2)C2=C1CCCC2.CC(C)n1c2c(c(=O)n1C)CCCC2.CC(C)n1nc2c(c1C(F)(F)OCc1ccccn1)CCCC2. The molecule has 0 saturated carbocycles. The average Bonchev–Trinajstić information content (AvgIpc) is 1.67. The van der Waals surface area contributed by atoms with Crippen molar-refractivity contribution < 1.29 is 32.5 Å². The molecule has 12 rings (SSSR count). The maximum Gasteiger partial charge on any atom is 0.410 e. The molecular weight excluding hydrogens is 1200 g/mol. The maximum atomic E-state index is 14.8. The van der Waals surface area contributed by atoms with Gasteiger partial charge in [0, 0.05) is 84.6 Å². The molecule has 514 valence electrons. The standard InChI is InChI=1S/C19H29NO3.C17H21F2N3O.C16H21N3O.C11H14N4.C11H18N2O/c1-14(2)17-11-16(22-13-15-9-7-6-8-10-15)12-20(17)18(21)23-19(3,4)5;1-12(2)22-16(14-8-3-4-9-15(14)21-22)17(18,19)23-11-13-7-5-6-10-20-13;1-11(2)15-12-6-3-4-7-13(12)16(19-15)20-10-14-17-8-5-9-18-14;1-9(2)15-10(3)5-6-11(13-15)14-8-4-7-12-14;1-8(2)13-10-7-5-4-6-9(10)11(14)12(13)3/h6-10,14,16-17H,11-13H2,1-5H3;5-7,10,12H,3-4,8-9,11H2,1-2H3;5,8-9,11,15H,3-4,6-7,10H2,1-2H3;4-9H,3H2,1-2H3;8H,4-7H2,1-3H3. The second kappa shape index (κ2) is 33.7. The van der Waals surface area contributed by atoms with Crippen molar-refractivity contribution >= 4 is 17.8 Å². The van der Waals surface area contributed by atoms with Gasteiger partial charge in [-0.05, 0) is 205 Å². The van der Waals surface area contributed by atoms with Crippen molar-refractivity contribution in [2.24, 2.45) is 29.0 Å². The second-order valence-electron chi connectivity index (χ2n) is 27.6. The van der Waals surface area contributed by atoms with E-state index in [-0.39, 0.29) is 42.1 Å². The number of rotatable bonds is 14. The van der Waals surface area contributed by atoms with Crippen LogP contribution in [-0.2, 0) is 77.6 Å². The number of pyridine rings is 1. The molecule has 1 amide bonds.